The van der Waals surface area contributed by atoms with Crippen LogP contribution in [0.4, 0.5) is 11.4 Å². The van der Waals surface area contributed by atoms with Crippen LogP contribution in [0.5, 0.6) is 5.75 Å². The van der Waals surface area contributed by atoms with Gasteiger partial charge >= 0.3 is 0 Å². The van der Waals surface area contributed by atoms with Crippen molar-refractivity contribution in [3.63, 3.8) is 0 Å². The summed E-state index contributed by atoms with van der Waals surface area (Å²) in [5.74, 6) is -1.57. The molecule has 2 aromatic carbocycles. The number of hydrogen-bond acceptors (Lipinski definition) is 11. The summed E-state index contributed by atoms with van der Waals surface area (Å²) >= 11 is 0. The number of nitrogens with one attached hydrogen (secondary N) is 2. The number of amides is 6. The van der Waals surface area contributed by atoms with Gasteiger partial charge in [-0.15, -0.1) is 0 Å². The average Bonchev–Trinajstić information content (AvgIpc) is 3.86. The Morgan fingerprint density at radius 3 is 2.55 bits per heavy atom. The minimum absolute atomic E-state index is 0.0237. The molecule has 0 aliphatic carbocycles. The highest BCUT2D eigenvalue weighted by atomic mass is 16.5. The van der Waals surface area contributed by atoms with Gasteiger partial charge in [0.2, 0.25) is 11.8 Å². The number of anilines is 2. The third-order valence-electron chi connectivity index (χ3n) is 12.0. The third-order valence-corrected chi connectivity index (χ3v) is 12.0. The summed E-state index contributed by atoms with van der Waals surface area (Å²) < 4.78 is 7.65. The maximum Gasteiger partial charge on any atom is 0.262 e. The molecule has 6 amide bonds. The Morgan fingerprint density at radius 1 is 0.948 bits per heavy atom. The molecule has 16 nitrogen and oxygen atoms in total. The third kappa shape index (κ3) is 6.84. The van der Waals surface area contributed by atoms with Crippen LogP contribution in [-0.2, 0) is 16.1 Å². The maximum absolute atomic E-state index is 13.9. The van der Waals surface area contributed by atoms with E-state index in [0.717, 1.165) is 74.6 Å². The van der Waals surface area contributed by atoms with Gasteiger partial charge in [0, 0.05) is 75.4 Å². The molecule has 2 atom stereocenters. The van der Waals surface area contributed by atoms with Gasteiger partial charge in [-0.3, -0.25) is 39.0 Å². The zero-order valence-electron chi connectivity index (χ0n) is 32.5. The van der Waals surface area contributed by atoms with Gasteiger partial charge in [-0.2, -0.15) is 5.10 Å². The molecule has 7 heterocycles. The number of benzene rings is 2. The summed E-state index contributed by atoms with van der Waals surface area (Å²) in [5, 5.41) is 9.47. The molecule has 3 fully saturated rings. The number of aromatic nitrogens is 3. The molecule has 0 bridgehead atoms. The monoisotopic (exact) mass is 787 g/mol. The second-order valence-electron chi connectivity index (χ2n) is 16.2. The number of ether oxygens (including phenoxy) is 1. The lowest BCUT2D eigenvalue weighted by Crippen LogP contribution is -2.54. The number of carbonyl (C=O) groups excluding carboxylic acids is 6. The molecule has 58 heavy (non-hydrogen) atoms. The number of imide groups is 2. The molecular formula is C42H45N9O7. The van der Waals surface area contributed by atoms with Crippen LogP contribution in [-0.4, -0.2) is 116 Å². The van der Waals surface area contributed by atoms with Gasteiger partial charge in [-0.05, 0) is 93.8 Å². The zero-order valence-corrected chi connectivity index (χ0v) is 32.5. The summed E-state index contributed by atoms with van der Waals surface area (Å²) in [6, 6.07) is 9.78. The van der Waals surface area contributed by atoms with Crippen molar-refractivity contribution < 1.29 is 33.5 Å². The highest BCUT2D eigenvalue weighted by Gasteiger charge is 2.45. The standard InChI is InChI=1S/C42H45N9O7/c1-24(2)58-35-19-30-26(17-33(35)45-38(53)32-20-44-50-14-4-12-43-37(32)50)23-49(40(30)55)27-10-15-47(16-11-27)21-25-5-3-13-48(22-25)28-6-7-29-31(18-28)42(57)51(41(29)56)34-8-9-36(52)46-39(34)54/h4,6-7,12,14,17-20,24-25,27,34H,3,5,8-11,13,15-16,21-23H2,1-2H3,(H,45,53)(H,46,52,54)/t25-,34?/m1/s1. The van der Waals surface area contributed by atoms with Gasteiger partial charge in [0.05, 0.1) is 29.1 Å². The smallest absolute Gasteiger partial charge is 0.262 e. The quantitative estimate of drug-likeness (QED) is 0.237. The fourth-order valence-electron chi connectivity index (χ4n) is 9.17. The van der Waals surface area contributed by atoms with E-state index in [0.29, 0.717) is 46.2 Å². The molecular weight excluding hydrogens is 743 g/mol. The Morgan fingerprint density at radius 2 is 1.76 bits per heavy atom. The predicted octanol–water partition coefficient (Wildman–Crippen LogP) is 3.51. The van der Waals surface area contributed by atoms with Crippen molar-refractivity contribution in [2.24, 2.45) is 5.92 Å². The lowest BCUT2D eigenvalue weighted by atomic mass is 9.94. The highest BCUT2D eigenvalue weighted by Crippen LogP contribution is 2.37. The van der Waals surface area contributed by atoms with Crippen LogP contribution in [0.15, 0.2) is 55.0 Å². The second kappa shape index (κ2) is 15.0. The van der Waals surface area contributed by atoms with E-state index in [2.05, 4.69) is 30.5 Å². The lowest BCUT2D eigenvalue weighted by Gasteiger charge is -2.40. The number of rotatable bonds is 9. The van der Waals surface area contributed by atoms with Crippen LogP contribution < -0.4 is 20.3 Å². The molecule has 3 saturated heterocycles. The van der Waals surface area contributed by atoms with E-state index in [9.17, 15) is 28.8 Å². The maximum atomic E-state index is 13.9. The fourth-order valence-corrected chi connectivity index (χ4v) is 9.17. The normalized spacial score (nSPS) is 21.6. The van der Waals surface area contributed by atoms with E-state index in [1.165, 1.54) is 6.20 Å². The van der Waals surface area contributed by atoms with Gasteiger partial charge in [0.25, 0.3) is 23.6 Å². The summed E-state index contributed by atoms with van der Waals surface area (Å²) in [6.45, 7) is 8.56. The van der Waals surface area contributed by atoms with Crippen molar-refractivity contribution in [1.82, 2.24) is 34.6 Å². The van der Waals surface area contributed by atoms with Crippen molar-refractivity contribution in [1.29, 1.82) is 0 Å². The van der Waals surface area contributed by atoms with Gasteiger partial charge in [-0.1, -0.05) is 0 Å². The molecule has 4 aromatic rings. The van der Waals surface area contributed by atoms with Crippen molar-refractivity contribution in [2.45, 2.75) is 77.1 Å². The van der Waals surface area contributed by atoms with E-state index in [1.54, 1.807) is 41.2 Å². The Balaban J connectivity index is 0.817. The van der Waals surface area contributed by atoms with E-state index in [-0.39, 0.29) is 42.4 Å². The number of fused-ring (bicyclic) bond motifs is 3. The molecule has 2 N–H and O–H groups in total. The minimum Gasteiger partial charge on any atom is -0.489 e. The number of likely N-dealkylation sites (tertiary alicyclic amines) is 1. The van der Waals surface area contributed by atoms with Crippen LogP contribution >= 0.6 is 0 Å². The molecule has 5 aliphatic rings. The van der Waals surface area contributed by atoms with Crippen LogP contribution in [0.1, 0.15) is 99.4 Å². The van der Waals surface area contributed by atoms with Crippen molar-refractivity contribution >= 4 is 52.5 Å². The first kappa shape index (κ1) is 37.4. The Hall–Kier alpha value is -6.16. The topological polar surface area (TPSA) is 179 Å². The van der Waals surface area contributed by atoms with Gasteiger partial charge in [0.1, 0.15) is 17.4 Å². The molecule has 9 rings (SSSR count). The summed E-state index contributed by atoms with van der Waals surface area (Å²) in [6.07, 6.45) is 8.62. The van der Waals surface area contributed by atoms with E-state index in [4.69, 9.17) is 4.74 Å². The summed E-state index contributed by atoms with van der Waals surface area (Å²) in [4.78, 5) is 90.2. The van der Waals surface area contributed by atoms with E-state index in [1.807, 2.05) is 30.9 Å². The van der Waals surface area contributed by atoms with Gasteiger partial charge < -0.3 is 24.8 Å². The largest absolute Gasteiger partial charge is 0.489 e. The van der Waals surface area contributed by atoms with Crippen molar-refractivity contribution in [3.8, 4) is 5.75 Å². The Kier molecular flexibility index (Phi) is 9.66. The minimum atomic E-state index is -0.992. The van der Waals surface area contributed by atoms with Crippen LogP contribution in [0, 0.1) is 5.92 Å². The Bertz CT molecular complexity index is 2370. The number of nitrogens with zero attached hydrogens (tertiary/aromatic N) is 7. The fraction of sp³-hybridized carbons (Fsp3) is 0.429. The number of hydrogen-bond donors (Lipinski definition) is 2. The van der Waals surface area contributed by atoms with Gasteiger partial charge in [-0.25, -0.2) is 9.50 Å². The highest BCUT2D eigenvalue weighted by molar-refractivity contribution is 6.23. The number of piperidine rings is 3. The van der Waals surface area contributed by atoms with Crippen molar-refractivity contribution in [2.75, 3.05) is 42.9 Å². The van der Waals surface area contributed by atoms with Gasteiger partial charge in [0.15, 0.2) is 5.65 Å². The second-order valence-corrected chi connectivity index (χ2v) is 16.2. The average molecular weight is 788 g/mol. The first-order valence-electron chi connectivity index (χ1n) is 20.1. The summed E-state index contributed by atoms with van der Waals surface area (Å²) in [7, 11) is 0. The molecule has 0 spiro atoms. The van der Waals surface area contributed by atoms with E-state index < -0.39 is 29.7 Å². The molecule has 16 heteroatoms. The Labute approximate surface area is 334 Å². The predicted molar refractivity (Wildman–Crippen MR) is 211 cm³/mol. The lowest BCUT2D eigenvalue weighted by molar-refractivity contribution is -0.136. The molecule has 2 aromatic heterocycles. The van der Waals surface area contributed by atoms with Crippen LogP contribution in [0.2, 0.25) is 0 Å². The molecule has 1 unspecified atom stereocenters. The van der Waals surface area contributed by atoms with Crippen LogP contribution in [0.25, 0.3) is 5.65 Å². The molecule has 5 aliphatic heterocycles. The van der Waals surface area contributed by atoms with E-state index >= 15 is 0 Å². The first-order chi connectivity index (χ1) is 28.0. The molecule has 0 saturated carbocycles. The SMILES string of the molecule is CC(C)Oc1cc2c(cc1NC(=O)c1cnn3cccnc13)CN(C1CCN(C[C@H]3CCCN(c4ccc5c(c4)C(=O)N(C4CCC(=O)NC4=O)C5=O)C3)CC1)C2=O. The first-order valence-corrected chi connectivity index (χ1v) is 20.1. The molecule has 300 valence electrons. The van der Waals surface area contributed by atoms with Crippen molar-refractivity contribution in [3.05, 3.63) is 82.8 Å². The number of carbonyl (C=O) groups is 6. The molecule has 0 radical (unpaired) electrons. The zero-order chi connectivity index (χ0) is 40.2. The van der Waals surface area contributed by atoms with Crippen LogP contribution in [0.3, 0.4) is 0 Å². The summed E-state index contributed by atoms with van der Waals surface area (Å²) in [5.41, 5.74) is 4.16.